The molecule has 0 aromatic heterocycles. The van der Waals surface area contributed by atoms with Gasteiger partial charge in [-0.3, -0.25) is 4.79 Å². The monoisotopic (exact) mass is 374 g/mol. The van der Waals surface area contributed by atoms with Gasteiger partial charge in [0.2, 0.25) is 5.91 Å². The maximum atomic E-state index is 13.5. The maximum Gasteiger partial charge on any atom is 0.220 e. The fraction of sp³-hybridized carbons (Fsp3) is 0.381. The number of nitrogens with one attached hydrogen (secondary N) is 1. The fourth-order valence-electron chi connectivity index (χ4n) is 2.88. The summed E-state index contributed by atoms with van der Waals surface area (Å²) in [7, 11) is 7.01. The highest BCUT2D eigenvalue weighted by Gasteiger charge is 2.16. The van der Waals surface area contributed by atoms with Crippen molar-refractivity contribution in [3.05, 3.63) is 59.4 Å². The molecule has 0 saturated heterocycles. The summed E-state index contributed by atoms with van der Waals surface area (Å²) in [6.07, 6.45) is 0.922. The molecule has 2 aromatic rings. The van der Waals surface area contributed by atoms with Gasteiger partial charge in [0.05, 0.1) is 20.3 Å². The summed E-state index contributed by atoms with van der Waals surface area (Å²) in [5.41, 5.74) is 1.80. The predicted molar refractivity (Wildman–Crippen MR) is 104 cm³/mol. The van der Waals surface area contributed by atoms with Crippen molar-refractivity contribution in [1.82, 2.24) is 10.2 Å². The number of aryl methyl sites for hydroxylation is 1. The summed E-state index contributed by atoms with van der Waals surface area (Å²) in [5, 5.41) is 2.94. The van der Waals surface area contributed by atoms with Gasteiger partial charge in [-0.2, -0.15) is 0 Å². The van der Waals surface area contributed by atoms with E-state index in [0.29, 0.717) is 30.9 Å². The number of ether oxygens (including phenoxy) is 2. The number of hydrogen-bond acceptors (Lipinski definition) is 4. The number of methoxy groups -OCH3 is 2. The van der Waals surface area contributed by atoms with Crippen LogP contribution in [0.15, 0.2) is 42.5 Å². The van der Waals surface area contributed by atoms with Crippen LogP contribution in [0.3, 0.4) is 0 Å². The molecule has 0 radical (unpaired) electrons. The molecule has 0 spiro atoms. The zero-order valence-corrected chi connectivity index (χ0v) is 16.3. The summed E-state index contributed by atoms with van der Waals surface area (Å²) in [4.78, 5) is 14.2. The molecule has 1 N–H and O–H groups in total. The van der Waals surface area contributed by atoms with Gasteiger partial charge < -0.3 is 19.7 Å². The van der Waals surface area contributed by atoms with Gasteiger partial charge in [0, 0.05) is 19.0 Å². The Morgan fingerprint density at radius 1 is 1.11 bits per heavy atom. The number of nitrogens with zero attached hydrogens (tertiary/aromatic N) is 1. The summed E-state index contributed by atoms with van der Waals surface area (Å²) >= 11 is 0. The SMILES string of the molecule is COc1cc(CCC(=O)NCC(c2cccc(F)c2)N(C)C)cc(OC)c1. The number of carbonyl (C=O) groups excluding carboxylic acids is 1. The Morgan fingerprint density at radius 2 is 1.78 bits per heavy atom. The Bertz CT molecular complexity index is 743. The molecule has 0 fully saturated rings. The second kappa shape index (κ2) is 9.92. The molecular formula is C21H27FN2O3. The quantitative estimate of drug-likeness (QED) is 0.732. The Kier molecular flexibility index (Phi) is 7.61. The molecule has 0 aliphatic carbocycles. The minimum absolute atomic E-state index is 0.0555. The molecule has 0 bridgehead atoms. The van der Waals surface area contributed by atoms with Crippen LogP contribution in [0.1, 0.15) is 23.6 Å². The molecule has 1 atom stereocenters. The lowest BCUT2D eigenvalue weighted by atomic mass is 10.1. The molecule has 0 heterocycles. The Labute approximate surface area is 160 Å². The van der Waals surface area contributed by atoms with Crippen molar-refractivity contribution in [2.24, 2.45) is 0 Å². The van der Waals surface area contributed by atoms with E-state index in [1.807, 2.05) is 37.2 Å². The summed E-state index contributed by atoms with van der Waals surface area (Å²) < 4.78 is 24.0. The Hall–Kier alpha value is -2.60. The number of amides is 1. The molecule has 2 aromatic carbocycles. The average Bonchev–Trinajstić information content (AvgIpc) is 2.66. The number of hydrogen-bond donors (Lipinski definition) is 1. The molecule has 2 rings (SSSR count). The highest BCUT2D eigenvalue weighted by atomic mass is 19.1. The van der Waals surface area contributed by atoms with Crippen LogP contribution in [0, 0.1) is 5.82 Å². The van der Waals surface area contributed by atoms with Crippen molar-refractivity contribution in [3.8, 4) is 11.5 Å². The molecule has 27 heavy (non-hydrogen) atoms. The van der Waals surface area contributed by atoms with Gasteiger partial charge in [-0.05, 0) is 55.9 Å². The molecule has 6 heteroatoms. The molecule has 146 valence electrons. The smallest absolute Gasteiger partial charge is 0.220 e. The first-order valence-corrected chi connectivity index (χ1v) is 8.83. The van der Waals surface area contributed by atoms with Gasteiger partial charge in [-0.15, -0.1) is 0 Å². The average molecular weight is 374 g/mol. The molecule has 5 nitrogen and oxygen atoms in total. The summed E-state index contributed by atoms with van der Waals surface area (Å²) in [6.45, 7) is 0.413. The van der Waals surface area contributed by atoms with Crippen LogP contribution in [0.2, 0.25) is 0 Å². The van der Waals surface area contributed by atoms with E-state index in [4.69, 9.17) is 9.47 Å². The summed E-state index contributed by atoms with van der Waals surface area (Å²) in [6, 6.07) is 11.9. The van der Waals surface area contributed by atoms with E-state index < -0.39 is 0 Å². The van der Waals surface area contributed by atoms with Crippen LogP contribution in [-0.4, -0.2) is 45.7 Å². The van der Waals surface area contributed by atoms with Crippen molar-refractivity contribution in [3.63, 3.8) is 0 Å². The lowest BCUT2D eigenvalue weighted by molar-refractivity contribution is -0.121. The van der Waals surface area contributed by atoms with Crippen molar-refractivity contribution in [2.75, 3.05) is 34.9 Å². The van der Waals surface area contributed by atoms with Crippen LogP contribution in [0.25, 0.3) is 0 Å². The molecule has 0 aliphatic rings. The molecule has 0 saturated carbocycles. The second-order valence-electron chi connectivity index (χ2n) is 6.56. The van der Waals surface area contributed by atoms with Crippen LogP contribution in [0.4, 0.5) is 4.39 Å². The van der Waals surface area contributed by atoms with Gasteiger partial charge in [-0.25, -0.2) is 4.39 Å². The van der Waals surface area contributed by atoms with E-state index in [-0.39, 0.29) is 17.8 Å². The van der Waals surface area contributed by atoms with Crippen LogP contribution in [0.5, 0.6) is 11.5 Å². The Morgan fingerprint density at radius 3 is 2.33 bits per heavy atom. The van der Waals surface area contributed by atoms with Crippen molar-refractivity contribution in [2.45, 2.75) is 18.9 Å². The molecule has 1 amide bonds. The van der Waals surface area contributed by atoms with Gasteiger partial charge >= 0.3 is 0 Å². The first-order chi connectivity index (χ1) is 12.9. The first-order valence-electron chi connectivity index (χ1n) is 8.83. The zero-order valence-electron chi connectivity index (χ0n) is 16.3. The van der Waals surface area contributed by atoms with E-state index in [1.54, 1.807) is 26.4 Å². The number of benzene rings is 2. The van der Waals surface area contributed by atoms with Gasteiger partial charge in [0.15, 0.2) is 0 Å². The molecule has 0 aliphatic heterocycles. The predicted octanol–water partition coefficient (Wildman–Crippen LogP) is 3.19. The highest BCUT2D eigenvalue weighted by molar-refractivity contribution is 5.76. The third kappa shape index (κ3) is 6.25. The van der Waals surface area contributed by atoms with Crippen molar-refractivity contribution >= 4 is 5.91 Å². The van der Waals surface area contributed by atoms with E-state index in [9.17, 15) is 9.18 Å². The lowest BCUT2D eigenvalue weighted by Gasteiger charge is -2.25. The number of likely N-dealkylation sites (N-methyl/N-ethyl adjacent to an activating group) is 1. The fourth-order valence-corrected chi connectivity index (χ4v) is 2.88. The standard InChI is InChI=1S/C21H27FN2O3/c1-24(2)20(16-6-5-7-17(22)12-16)14-23-21(25)9-8-15-10-18(26-3)13-19(11-15)27-4/h5-7,10-13,20H,8-9,14H2,1-4H3,(H,23,25). The van der Waals surface area contributed by atoms with Gasteiger partial charge in [0.25, 0.3) is 0 Å². The van der Waals surface area contributed by atoms with E-state index >= 15 is 0 Å². The number of rotatable bonds is 9. The third-order valence-electron chi connectivity index (χ3n) is 4.40. The number of carbonyl (C=O) groups is 1. The Balaban J connectivity index is 1.93. The molecular weight excluding hydrogens is 347 g/mol. The summed E-state index contributed by atoms with van der Waals surface area (Å²) in [5.74, 6) is 1.06. The number of halogens is 1. The van der Waals surface area contributed by atoms with E-state index in [1.165, 1.54) is 12.1 Å². The van der Waals surface area contributed by atoms with E-state index in [2.05, 4.69) is 5.32 Å². The minimum atomic E-state index is -0.280. The van der Waals surface area contributed by atoms with Gasteiger partial charge in [0.1, 0.15) is 17.3 Å². The lowest BCUT2D eigenvalue weighted by Crippen LogP contribution is -2.34. The van der Waals surface area contributed by atoms with Gasteiger partial charge in [-0.1, -0.05) is 12.1 Å². The first kappa shape index (κ1) is 20.7. The van der Waals surface area contributed by atoms with Crippen LogP contribution in [-0.2, 0) is 11.2 Å². The third-order valence-corrected chi connectivity index (χ3v) is 4.40. The maximum absolute atomic E-state index is 13.5. The van der Waals surface area contributed by atoms with Crippen molar-refractivity contribution in [1.29, 1.82) is 0 Å². The van der Waals surface area contributed by atoms with E-state index in [0.717, 1.165) is 11.1 Å². The largest absolute Gasteiger partial charge is 0.497 e. The zero-order chi connectivity index (χ0) is 19.8. The second-order valence-corrected chi connectivity index (χ2v) is 6.56. The van der Waals surface area contributed by atoms with Crippen LogP contribution >= 0.6 is 0 Å². The van der Waals surface area contributed by atoms with Crippen molar-refractivity contribution < 1.29 is 18.7 Å². The normalized spacial score (nSPS) is 11.9. The van der Waals surface area contributed by atoms with Crippen LogP contribution < -0.4 is 14.8 Å². The molecule has 1 unspecified atom stereocenters. The highest BCUT2D eigenvalue weighted by Crippen LogP contribution is 2.23. The minimum Gasteiger partial charge on any atom is -0.497 e. The topological polar surface area (TPSA) is 50.8 Å².